The molecule has 0 spiro atoms. The van der Waals surface area contributed by atoms with Gasteiger partial charge in [-0.1, -0.05) is 17.7 Å². The Kier molecular flexibility index (Phi) is 5.94. The van der Waals surface area contributed by atoms with Crippen molar-refractivity contribution in [3.05, 3.63) is 59.2 Å². The normalized spacial score (nSPS) is 13.9. The van der Waals surface area contributed by atoms with E-state index in [2.05, 4.69) is 15.5 Å². The summed E-state index contributed by atoms with van der Waals surface area (Å²) in [5.41, 5.74) is 2.28. The van der Waals surface area contributed by atoms with Crippen LogP contribution in [0.1, 0.15) is 47.7 Å². The Bertz CT molecular complexity index is 1120. The first-order valence-corrected chi connectivity index (χ1v) is 10.4. The van der Waals surface area contributed by atoms with Gasteiger partial charge in [0.25, 0.3) is 0 Å². The van der Waals surface area contributed by atoms with E-state index in [1.807, 2.05) is 32.0 Å². The van der Waals surface area contributed by atoms with Gasteiger partial charge in [0.2, 0.25) is 5.91 Å². The number of ether oxygens (including phenoxy) is 1. The zero-order valence-electron chi connectivity index (χ0n) is 17.8. The molecule has 0 unspecified atom stereocenters. The van der Waals surface area contributed by atoms with Crippen LogP contribution in [-0.2, 0) is 24.2 Å². The van der Waals surface area contributed by atoms with Crippen LogP contribution in [0, 0.1) is 13.8 Å². The topological polar surface area (TPSA) is 74.0 Å². The average Bonchev–Trinajstić information content (AvgIpc) is 3.30. The second-order valence-electron chi connectivity index (χ2n) is 8.06. The number of nitrogens with zero attached hydrogens (tertiary/aromatic N) is 4. The molecule has 2 heterocycles. The van der Waals surface area contributed by atoms with E-state index in [0.29, 0.717) is 11.4 Å². The number of hydrogen-bond acceptors (Lipinski definition) is 4. The average molecular weight is 447 g/mol. The highest BCUT2D eigenvalue weighted by atomic mass is 19.4. The summed E-state index contributed by atoms with van der Waals surface area (Å²) in [6.45, 7) is 4.23. The lowest BCUT2D eigenvalue weighted by molar-refractivity contribution is -0.141. The fraction of sp³-hybridized carbons (Fsp3) is 0.409. The molecule has 1 aliphatic rings. The lowest BCUT2D eigenvalue weighted by atomic mass is 10.1. The number of alkyl halides is 3. The SMILES string of the molecule is Cc1ccc(OCn2cc(NC(=O)CCn3nc(C(F)(F)F)cc3C3CC3)cn2)c(C)c1. The monoisotopic (exact) mass is 447 g/mol. The van der Waals surface area contributed by atoms with Gasteiger partial charge in [-0.2, -0.15) is 23.4 Å². The third-order valence-electron chi connectivity index (χ3n) is 5.25. The summed E-state index contributed by atoms with van der Waals surface area (Å²) in [4.78, 5) is 12.3. The van der Waals surface area contributed by atoms with Crippen LogP contribution in [-0.4, -0.2) is 25.5 Å². The molecular formula is C22H24F3N5O2. The number of anilines is 1. The van der Waals surface area contributed by atoms with Gasteiger partial charge in [0.15, 0.2) is 12.4 Å². The van der Waals surface area contributed by atoms with Crippen LogP contribution in [0.5, 0.6) is 5.75 Å². The van der Waals surface area contributed by atoms with Crippen molar-refractivity contribution in [1.29, 1.82) is 0 Å². The smallest absolute Gasteiger partial charge is 0.435 e. The largest absolute Gasteiger partial charge is 0.471 e. The lowest BCUT2D eigenvalue weighted by Gasteiger charge is -2.09. The van der Waals surface area contributed by atoms with Gasteiger partial charge in [-0.05, 0) is 44.4 Å². The van der Waals surface area contributed by atoms with Gasteiger partial charge in [-0.3, -0.25) is 9.48 Å². The van der Waals surface area contributed by atoms with Gasteiger partial charge >= 0.3 is 6.18 Å². The summed E-state index contributed by atoms with van der Waals surface area (Å²) in [7, 11) is 0. The molecular weight excluding hydrogens is 423 g/mol. The minimum Gasteiger partial charge on any atom is -0.471 e. The minimum atomic E-state index is -4.50. The summed E-state index contributed by atoms with van der Waals surface area (Å²) in [6, 6.07) is 6.97. The number of nitrogens with one attached hydrogen (secondary N) is 1. The zero-order valence-corrected chi connectivity index (χ0v) is 17.8. The molecule has 0 radical (unpaired) electrons. The third kappa shape index (κ3) is 5.30. The number of aryl methyl sites for hydroxylation is 3. The standard InChI is InChI=1S/C22H24F3N5O2/c1-14-3-6-19(15(2)9-14)32-13-29-12-17(11-26-29)27-21(31)7-8-30-18(16-4-5-16)10-20(28-30)22(23,24)25/h3,6,9-12,16H,4-5,7-8,13H2,1-2H3,(H,27,31). The van der Waals surface area contributed by atoms with E-state index in [4.69, 9.17) is 4.74 Å². The van der Waals surface area contributed by atoms with Gasteiger partial charge < -0.3 is 10.1 Å². The van der Waals surface area contributed by atoms with E-state index in [9.17, 15) is 18.0 Å². The van der Waals surface area contributed by atoms with Crippen LogP contribution in [0.25, 0.3) is 0 Å². The lowest BCUT2D eigenvalue weighted by Crippen LogP contribution is -2.16. The third-order valence-corrected chi connectivity index (χ3v) is 5.25. The van der Waals surface area contributed by atoms with Crippen molar-refractivity contribution in [3.8, 4) is 5.75 Å². The van der Waals surface area contributed by atoms with Crippen LogP contribution in [0.2, 0.25) is 0 Å². The zero-order chi connectivity index (χ0) is 22.9. The number of carbonyl (C=O) groups excluding carboxylic acids is 1. The second kappa shape index (κ2) is 8.68. The molecule has 1 aliphatic carbocycles. The molecule has 170 valence electrons. The van der Waals surface area contributed by atoms with Crippen LogP contribution >= 0.6 is 0 Å². The summed E-state index contributed by atoms with van der Waals surface area (Å²) >= 11 is 0. The highest BCUT2D eigenvalue weighted by Crippen LogP contribution is 2.42. The van der Waals surface area contributed by atoms with E-state index >= 15 is 0 Å². The maximum atomic E-state index is 13.0. The predicted molar refractivity (Wildman–Crippen MR) is 111 cm³/mol. The number of carbonyl (C=O) groups is 1. The number of benzene rings is 1. The summed E-state index contributed by atoms with van der Waals surface area (Å²) in [5.74, 6) is 0.517. The van der Waals surface area contributed by atoms with E-state index in [1.165, 1.54) is 10.9 Å². The molecule has 0 aliphatic heterocycles. The molecule has 4 rings (SSSR count). The molecule has 0 bridgehead atoms. The molecule has 1 amide bonds. The van der Waals surface area contributed by atoms with Crippen molar-refractivity contribution in [2.45, 2.75) is 58.5 Å². The summed E-state index contributed by atoms with van der Waals surface area (Å²) in [6.07, 6.45) is 0.326. The molecule has 2 aromatic heterocycles. The van der Waals surface area contributed by atoms with Gasteiger partial charge in [0.1, 0.15) is 5.75 Å². The van der Waals surface area contributed by atoms with Crippen LogP contribution in [0.15, 0.2) is 36.7 Å². The molecule has 0 atom stereocenters. The van der Waals surface area contributed by atoms with Crippen LogP contribution in [0.3, 0.4) is 0 Å². The number of halogens is 3. The van der Waals surface area contributed by atoms with Crippen LogP contribution in [0.4, 0.5) is 18.9 Å². The molecule has 1 N–H and O–H groups in total. The summed E-state index contributed by atoms with van der Waals surface area (Å²) < 4.78 is 47.6. The Hall–Kier alpha value is -3.30. The van der Waals surface area contributed by atoms with Gasteiger partial charge in [0, 0.05) is 24.6 Å². The second-order valence-corrected chi connectivity index (χ2v) is 8.06. The van der Waals surface area contributed by atoms with Gasteiger partial charge in [-0.15, -0.1) is 0 Å². The Balaban J connectivity index is 1.31. The number of aromatic nitrogens is 4. The van der Waals surface area contributed by atoms with Crippen molar-refractivity contribution in [3.63, 3.8) is 0 Å². The van der Waals surface area contributed by atoms with E-state index in [1.54, 1.807) is 10.9 Å². The maximum absolute atomic E-state index is 13.0. The number of hydrogen-bond donors (Lipinski definition) is 1. The number of rotatable bonds is 8. The van der Waals surface area contributed by atoms with E-state index < -0.39 is 11.9 Å². The molecule has 7 nitrogen and oxygen atoms in total. The molecule has 3 aromatic rings. The molecule has 10 heteroatoms. The van der Waals surface area contributed by atoms with Crippen LogP contribution < -0.4 is 10.1 Å². The number of amides is 1. The molecule has 0 saturated heterocycles. The van der Waals surface area contributed by atoms with E-state index in [-0.39, 0.29) is 31.5 Å². The molecule has 1 fully saturated rings. The van der Waals surface area contributed by atoms with Crippen molar-refractivity contribution in [2.75, 3.05) is 5.32 Å². The van der Waals surface area contributed by atoms with Crippen molar-refractivity contribution < 1.29 is 22.7 Å². The predicted octanol–water partition coefficient (Wildman–Crippen LogP) is 4.66. The first kappa shape index (κ1) is 21.9. The Labute approximate surface area is 183 Å². The minimum absolute atomic E-state index is 0.00291. The Morgan fingerprint density at radius 1 is 1.25 bits per heavy atom. The molecule has 1 saturated carbocycles. The highest BCUT2D eigenvalue weighted by molar-refractivity contribution is 5.90. The fourth-order valence-electron chi connectivity index (χ4n) is 3.48. The van der Waals surface area contributed by atoms with Gasteiger partial charge in [0.05, 0.1) is 18.1 Å². The van der Waals surface area contributed by atoms with Crippen molar-refractivity contribution >= 4 is 11.6 Å². The van der Waals surface area contributed by atoms with Crippen molar-refractivity contribution in [1.82, 2.24) is 19.6 Å². The van der Waals surface area contributed by atoms with Crippen molar-refractivity contribution in [2.24, 2.45) is 0 Å². The molecule has 1 aromatic carbocycles. The fourth-order valence-corrected chi connectivity index (χ4v) is 3.48. The van der Waals surface area contributed by atoms with E-state index in [0.717, 1.165) is 35.8 Å². The Morgan fingerprint density at radius 2 is 2.03 bits per heavy atom. The van der Waals surface area contributed by atoms with Gasteiger partial charge in [-0.25, -0.2) is 4.68 Å². The quantitative estimate of drug-likeness (QED) is 0.545. The first-order valence-electron chi connectivity index (χ1n) is 10.4. The highest BCUT2D eigenvalue weighted by Gasteiger charge is 2.37. The summed E-state index contributed by atoms with van der Waals surface area (Å²) in [5, 5.41) is 10.5. The maximum Gasteiger partial charge on any atom is 0.435 e. The Morgan fingerprint density at radius 3 is 2.72 bits per heavy atom. The molecule has 32 heavy (non-hydrogen) atoms. The first-order chi connectivity index (χ1) is 15.2.